The lowest BCUT2D eigenvalue weighted by atomic mass is 10.1. The summed E-state index contributed by atoms with van der Waals surface area (Å²) in [6.45, 7) is 1.68. The highest BCUT2D eigenvalue weighted by molar-refractivity contribution is 7.91. The van der Waals surface area contributed by atoms with Gasteiger partial charge in [0.1, 0.15) is 5.82 Å². The van der Waals surface area contributed by atoms with Gasteiger partial charge in [0.2, 0.25) is 5.91 Å². The maximum atomic E-state index is 12.9. The van der Waals surface area contributed by atoms with E-state index in [0.717, 1.165) is 0 Å². The van der Waals surface area contributed by atoms with E-state index in [9.17, 15) is 17.6 Å². The Hall–Kier alpha value is -1.43. The van der Waals surface area contributed by atoms with Crippen LogP contribution in [0.2, 0.25) is 0 Å². The van der Waals surface area contributed by atoms with Gasteiger partial charge in [0.25, 0.3) is 0 Å². The highest BCUT2D eigenvalue weighted by Gasteiger charge is 2.33. The van der Waals surface area contributed by atoms with E-state index in [0.29, 0.717) is 17.7 Å². The molecule has 4 nitrogen and oxygen atoms in total. The van der Waals surface area contributed by atoms with Gasteiger partial charge in [-0.2, -0.15) is 0 Å². The van der Waals surface area contributed by atoms with E-state index in [1.165, 1.54) is 18.2 Å². The predicted octanol–water partition coefficient (Wildman–Crippen LogP) is 1.51. The van der Waals surface area contributed by atoms with E-state index in [1.54, 1.807) is 6.92 Å². The van der Waals surface area contributed by atoms with Crippen LogP contribution in [0.3, 0.4) is 0 Å². The Morgan fingerprint density at radius 3 is 2.72 bits per heavy atom. The summed E-state index contributed by atoms with van der Waals surface area (Å²) in [7, 11) is -3.07. The molecule has 0 aliphatic carbocycles. The van der Waals surface area contributed by atoms with Crippen molar-refractivity contribution in [1.29, 1.82) is 0 Å². The first-order valence-electron chi connectivity index (χ1n) is 5.65. The number of carbonyl (C=O) groups is 1. The normalized spacial score (nSPS) is 21.8. The minimum absolute atomic E-state index is 0.0630. The SMILES string of the molecule is Cc1cc(F)ccc1NC(=O)[C@H]1CCS(=O)(=O)C1. The number of nitrogens with one attached hydrogen (secondary N) is 1. The van der Waals surface area contributed by atoms with E-state index < -0.39 is 15.8 Å². The standard InChI is InChI=1S/C12H14FNO3S/c1-8-6-10(13)2-3-11(8)14-12(15)9-4-5-18(16,17)7-9/h2-3,6,9H,4-5,7H2,1H3,(H,14,15)/t9-/m0/s1. The molecule has 0 spiro atoms. The predicted molar refractivity (Wildman–Crippen MR) is 66.5 cm³/mol. The average Bonchev–Trinajstić information content (AvgIpc) is 2.63. The third kappa shape index (κ3) is 2.87. The van der Waals surface area contributed by atoms with Crippen LogP contribution in [0.5, 0.6) is 0 Å². The second-order valence-electron chi connectivity index (χ2n) is 4.55. The van der Waals surface area contributed by atoms with Crippen LogP contribution in [-0.2, 0) is 14.6 Å². The number of hydrogen-bond acceptors (Lipinski definition) is 3. The first-order valence-corrected chi connectivity index (χ1v) is 7.47. The second-order valence-corrected chi connectivity index (χ2v) is 6.78. The molecule has 18 heavy (non-hydrogen) atoms. The summed E-state index contributed by atoms with van der Waals surface area (Å²) in [4.78, 5) is 11.9. The number of halogens is 1. The number of sulfone groups is 1. The summed E-state index contributed by atoms with van der Waals surface area (Å²) in [5.41, 5.74) is 1.13. The summed E-state index contributed by atoms with van der Waals surface area (Å²) in [5, 5.41) is 2.65. The first kappa shape index (κ1) is 13.0. The van der Waals surface area contributed by atoms with Crippen molar-refractivity contribution < 1.29 is 17.6 Å². The van der Waals surface area contributed by atoms with Crippen molar-refractivity contribution in [3.63, 3.8) is 0 Å². The number of benzene rings is 1. The Balaban J connectivity index is 2.08. The van der Waals surface area contributed by atoms with E-state index >= 15 is 0 Å². The number of hydrogen-bond donors (Lipinski definition) is 1. The molecule has 1 aromatic rings. The van der Waals surface area contributed by atoms with Gasteiger partial charge < -0.3 is 5.32 Å². The van der Waals surface area contributed by atoms with Gasteiger partial charge in [-0.1, -0.05) is 0 Å². The van der Waals surface area contributed by atoms with Crippen molar-refractivity contribution in [3.05, 3.63) is 29.6 Å². The molecule has 1 atom stereocenters. The fourth-order valence-corrected chi connectivity index (χ4v) is 3.75. The number of rotatable bonds is 2. The van der Waals surface area contributed by atoms with E-state index in [-0.39, 0.29) is 23.2 Å². The molecule has 0 bridgehead atoms. The zero-order valence-corrected chi connectivity index (χ0v) is 10.8. The molecule has 0 saturated carbocycles. The van der Waals surface area contributed by atoms with Gasteiger partial charge in [0.05, 0.1) is 17.4 Å². The molecule has 0 aromatic heterocycles. The summed E-state index contributed by atoms with van der Waals surface area (Å²) in [5.74, 6) is -1.22. The average molecular weight is 271 g/mol. The number of amides is 1. The van der Waals surface area contributed by atoms with Gasteiger partial charge in [-0.05, 0) is 37.1 Å². The van der Waals surface area contributed by atoms with Crippen LogP contribution < -0.4 is 5.32 Å². The Kier molecular flexibility index (Phi) is 3.38. The quantitative estimate of drug-likeness (QED) is 0.886. The molecular formula is C12H14FNO3S. The zero-order chi connectivity index (χ0) is 13.3. The molecule has 1 aliphatic heterocycles. The molecule has 98 valence electrons. The lowest BCUT2D eigenvalue weighted by Crippen LogP contribution is -2.24. The largest absolute Gasteiger partial charge is 0.326 e. The Morgan fingerprint density at radius 2 is 2.17 bits per heavy atom. The zero-order valence-electron chi connectivity index (χ0n) is 9.94. The summed E-state index contributed by atoms with van der Waals surface area (Å²) in [6.07, 6.45) is 0.356. The van der Waals surface area contributed by atoms with E-state index in [1.807, 2.05) is 0 Å². The van der Waals surface area contributed by atoms with Crippen LogP contribution in [0.25, 0.3) is 0 Å². The fourth-order valence-electron chi connectivity index (χ4n) is 2.00. The topological polar surface area (TPSA) is 63.2 Å². The maximum Gasteiger partial charge on any atom is 0.228 e. The van der Waals surface area contributed by atoms with Crippen LogP contribution in [0, 0.1) is 18.7 Å². The lowest BCUT2D eigenvalue weighted by Gasteiger charge is -2.11. The smallest absolute Gasteiger partial charge is 0.228 e. The molecule has 0 unspecified atom stereocenters. The summed E-state index contributed by atoms with van der Waals surface area (Å²) >= 11 is 0. The van der Waals surface area contributed by atoms with Crippen LogP contribution in [0.1, 0.15) is 12.0 Å². The fraction of sp³-hybridized carbons (Fsp3) is 0.417. The van der Waals surface area contributed by atoms with Gasteiger partial charge in [-0.3, -0.25) is 4.79 Å². The molecular weight excluding hydrogens is 257 g/mol. The third-order valence-electron chi connectivity index (χ3n) is 3.05. The number of carbonyl (C=O) groups excluding carboxylic acids is 1. The highest BCUT2D eigenvalue weighted by atomic mass is 32.2. The molecule has 1 N–H and O–H groups in total. The van der Waals surface area contributed by atoms with Crippen LogP contribution in [0.15, 0.2) is 18.2 Å². The van der Waals surface area contributed by atoms with Crippen LogP contribution >= 0.6 is 0 Å². The monoisotopic (exact) mass is 271 g/mol. The molecule has 1 saturated heterocycles. The molecule has 6 heteroatoms. The van der Waals surface area contributed by atoms with Crippen molar-refractivity contribution >= 4 is 21.4 Å². The van der Waals surface area contributed by atoms with Crippen molar-refractivity contribution in [2.75, 3.05) is 16.8 Å². The van der Waals surface area contributed by atoms with Crippen LogP contribution in [0.4, 0.5) is 10.1 Å². The molecule has 0 radical (unpaired) electrons. The minimum Gasteiger partial charge on any atom is -0.326 e. The summed E-state index contributed by atoms with van der Waals surface area (Å²) < 4.78 is 35.5. The minimum atomic E-state index is -3.07. The van der Waals surface area contributed by atoms with Gasteiger partial charge in [-0.25, -0.2) is 12.8 Å². The van der Waals surface area contributed by atoms with E-state index in [2.05, 4.69) is 5.32 Å². The molecule has 1 heterocycles. The van der Waals surface area contributed by atoms with Gasteiger partial charge in [0, 0.05) is 5.69 Å². The van der Waals surface area contributed by atoms with Crippen LogP contribution in [-0.4, -0.2) is 25.8 Å². The third-order valence-corrected chi connectivity index (χ3v) is 4.82. The highest BCUT2D eigenvalue weighted by Crippen LogP contribution is 2.22. The van der Waals surface area contributed by atoms with Gasteiger partial charge in [0.15, 0.2) is 9.84 Å². The lowest BCUT2D eigenvalue weighted by molar-refractivity contribution is -0.119. The molecule has 1 aromatic carbocycles. The molecule has 1 aliphatic rings. The Bertz CT molecular complexity index is 583. The van der Waals surface area contributed by atoms with Gasteiger partial charge >= 0.3 is 0 Å². The molecule has 1 fully saturated rings. The Morgan fingerprint density at radius 1 is 1.44 bits per heavy atom. The molecule has 1 amide bonds. The van der Waals surface area contributed by atoms with Crippen molar-refractivity contribution in [1.82, 2.24) is 0 Å². The number of aryl methyl sites for hydroxylation is 1. The second kappa shape index (κ2) is 4.68. The maximum absolute atomic E-state index is 12.9. The van der Waals surface area contributed by atoms with Crippen molar-refractivity contribution in [3.8, 4) is 0 Å². The van der Waals surface area contributed by atoms with Crippen molar-refractivity contribution in [2.45, 2.75) is 13.3 Å². The summed E-state index contributed by atoms with van der Waals surface area (Å²) in [6, 6.07) is 4.06. The van der Waals surface area contributed by atoms with E-state index in [4.69, 9.17) is 0 Å². The Labute approximate surface area is 105 Å². The number of anilines is 1. The van der Waals surface area contributed by atoms with Crippen molar-refractivity contribution in [2.24, 2.45) is 5.92 Å². The van der Waals surface area contributed by atoms with Gasteiger partial charge in [-0.15, -0.1) is 0 Å². The first-order chi connectivity index (χ1) is 8.37. The molecule has 2 rings (SSSR count).